The Labute approximate surface area is 160 Å². The maximum Gasteiger partial charge on any atom is 0.239 e. The summed E-state index contributed by atoms with van der Waals surface area (Å²) in [6.45, 7) is 1.87. The third kappa shape index (κ3) is 4.30. The first-order valence-electron chi connectivity index (χ1n) is 9.50. The largest absolute Gasteiger partial charge is 0.504 e. The Bertz CT molecular complexity index is 798. The molecule has 0 aliphatic heterocycles. The van der Waals surface area contributed by atoms with Gasteiger partial charge in [0, 0.05) is 12.2 Å². The number of hydrogen-bond acceptors (Lipinski definition) is 4. The molecule has 1 saturated carbocycles. The Morgan fingerprint density at radius 3 is 2.56 bits per heavy atom. The number of nitrogens with zero attached hydrogens (tertiary/aromatic N) is 2. The zero-order valence-corrected chi connectivity index (χ0v) is 15.6. The normalized spacial score (nSPS) is 16.3. The summed E-state index contributed by atoms with van der Waals surface area (Å²) in [6, 6.07) is 10.3. The molecule has 1 aromatic carbocycles. The van der Waals surface area contributed by atoms with Crippen LogP contribution in [0, 0.1) is 0 Å². The molecule has 1 aromatic heterocycles. The minimum atomic E-state index is -0.551. The number of amides is 1. The van der Waals surface area contributed by atoms with Gasteiger partial charge in [-0.05, 0) is 49.6 Å². The van der Waals surface area contributed by atoms with Gasteiger partial charge < -0.3 is 10.2 Å². The molecule has 1 unspecified atom stereocenters. The van der Waals surface area contributed by atoms with Crippen LogP contribution in [0.4, 0.5) is 5.82 Å². The lowest BCUT2D eigenvalue weighted by Gasteiger charge is -2.35. The molecule has 0 radical (unpaired) electrons. The van der Waals surface area contributed by atoms with Gasteiger partial charge in [0.05, 0.1) is 5.92 Å². The molecule has 2 N–H and O–H groups in total. The van der Waals surface area contributed by atoms with Gasteiger partial charge in [-0.1, -0.05) is 43.5 Å². The first kappa shape index (κ1) is 19.0. The topological polar surface area (TPSA) is 73.7 Å². The average Bonchev–Trinajstić information content (AvgIpc) is 2.70. The fraction of sp³-hybridized carbons (Fsp3) is 0.364. The predicted molar refractivity (Wildman–Crippen MR) is 106 cm³/mol. The summed E-state index contributed by atoms with van der Waals surface area (Å²) in [7, 11) is 0. The fourth-order valence-corrected chi connectivity index (χ4v) is 3.73. The van der Waals surface area contributed by atoms with E-state index in [9.17, 15) is 15.0 Å². The molecule has 0 bridgehead atoms. The second kappa shape index (κ2) is 8.71. The van der Waals surface area contributed by atoms with Crippen LogP contribution < -0.4 is 4.90 Å². The van der Waals surface area contributed by atoms with Gasteiger partial charge in [-0.15, -0.1) is 0 Å². The van der Waals surface area contributed by atoms with Gasteiger partial charge in [0.2, 0.25) is 5.91 Å². The zero-order chi connectivity index (χ0) is 19.2. The lowest BCUT2D eigenvalue weighted by Crippen LogP contribution is -2.44. The maximum atomic E-state index is 13.6. The average molecular weight is 366 g/mol. The predicted octanol–water partition coefficient (Wildman–Crippen LogP) is 4.52. The van der Waals surface area contributed by atoms with Crippen molar-refractivity contribution in [1.82, 2.24) is 4.98 Å². The molecule has 5 heteroatoms. The standard InChI is InChI=1S/C22H26N2O3/c1-2-8-18(16-12-13-19(25)20(26)15-16)22(27)24(17-9-4-3-5-10-17)21-11-6-7-14-23-21/h2,6-8,11-15,17-18,25-26H,3-5,9-10H2,1H3/b8-2+. The number of aromatic nitrogens is 1. The number of carbonyl (C=O) groups excluding carboxylic acids is 1. The van der Waals surface area contributed by atoms with Crippen molar-refractivity contribution >= 4 is 11.7 Å². The van der Waals surface area contributed by atoms with Gasteiger partial charge in [-0.25, -0.2) is 4.98 Å². The number of aromatic hydroxyl groups is 2. The van der Waals surface area contributed by atoms with E-state index in [2.05, 4.69) is 4.98 Å². The Balaban J connectivity index is 2.00. The van der Waals surface area contributed by atoms with Crippen LogP contribution in [0.3, 0.4) is 0 Å². The minimum Gasteiger partial charge on any atom is -0.504 e. The van der Waals surface area contributed by atoms with Crippen LogP contribution in [0.1, 0.15) is 50.5 Å². The van der Waals surface area contributed by atoms with E-state index in [1.807, 2.05) is 42.2 Å². The molecular weight excluding hydrogens is 340 g/mol. The Morgan fingerprint density at radius 2 is 1.93 bits per heavy atom. The van der Waals surface area contributed by atoms with E-state index in [-0.39, 0.29) is 23.4 Å². The number of carbonyl (C=O) groups is 1. The number of phenolic OH excluding ortho intramolecular Hbond substituents is 2. The van der Waals surface area contributed by atoms with Crippen LogP contribution in [-0.4, -0.2) is 27.1 Å². The highest BCUT2D eigenvalue weighted by Crippen LogP contribution is 2.33. The SMILES string of the molecule is C/C=C/C(C(=O)N(c1ccccn1)C1CCCCC1)c1ccc(O)c(O)c1. The van der Waals surface area contributed by atoms with Crippen molar-refractivity contribution in [3.63, 3.8) is 0 Å². The molecule has 5 nitrogen and oxygen atoms in total. The summed E-state index contributed by atoms with van der Waals surface area (Å²) < 4.78 is 0. The van der Waals surface area contributed by atoms with Gasteiger partial charge in [-0.3, -0.25) is 9.69 Å². The summed E-state index contributed by atoms with van der Waals surface area (Å²) in [5.74, 6) is -0.378. The molecule has 1 amide bonds. The van der Waals surface area contributed by atoms with Gasteiger partial charge in [0.25, 0.3) is 0 Å². The number of allylic oxidation sites excluding steroid dienone is 1. The summed E-state index contributed by atoms with van der Waals surface area (Å²) in [6.07, 6.45) is 10.7. The Hall–Kier alpha value is -2.82. The highest BCUT2D eigenvalue weighted by molar-refractivity contribution is 5.99. The number of phenols is 2. The number of pyridine rings is 1. The van der Waals surface area contributed by atoms with Crippen molar-refractivity contribution < 1.29 is 15.0 Å². The van der Waals surface area contributed by atoms with Crippen LogP contribution in [0.15, 0.2) is 54.7 Å². The van der Waals surface area contributed by atoms with E-state index in [0.717, 1.165) is 25.7 Å². The van der Waals surface area contributed by atoms with Gasteiger partial charge >= 0.3 is 0 Å². The van der Waals surface area contributed by atoms with Crippen LogP contribution in [0.25, 0.3) is 0 Å². The molecular formula is C22H26N2O3. The van der Waals surface area contributed by atoms with Crippen LogP contribution in [-0.2, 0) is 4.79 Å². The first-order chi connectivity index (χ1) is 13.1. The van der Waals surface area contributed by atoms with Crippen molar-refractivity contribution in [2.75, 3.05) is 4.90 Å². The Morgan fingerprint density at radius 1 is 1.15 bits per heavy atom. The number of anilines is 1. The van der Waals surface area contributed by atoms with Gasteiger partial charge in [-0.2, -0.15) is 0 Å². The number of rotatable bonds is 5. The third-order valence-corrected chi connectivity index (χ3v) is 5.08. The van der Waals surface area contributed by atoms with Crippen molar-refractivity contribution in [2.24, 2.45) is 0 Å². The van der Waals surface area contributed by atoms with Crippen molar-refractivity contribution in [2.45, 2.75) is 51.0 Å². The summed E-state index contributed by atoms with van der Waals surface area (Å²) in [5, 5.41) is 19.5. The summed E-state index contributed by atoms with van der Waals surface area (Å²) in [5.41, 5.74) is 0.644. The molecule has 1 heterocycles. The second-order valence-electron chi connectivity index (χ2n) is 6.94. The zero-order valence-electron chi connectivity index (χ0n) is 15.6. The minimum absolute atomic E-state index is 0.0659. The van der Waals surface area contributed by atoms with Gasteiger partial charge in [0.15, 0.2) is 11.5 Å². The molecule has 0 spiro atoms. The molecule has 1 aliphatic carbocycles. The molecule has 1 fully saturated rings. The smallest absolute Gasteiger partial charge is 0.239 e. The van der Waals surface area contributed by atoms with E-state index in [1.165, 1.54) is 18.6 Å². The van der Waals surface area contributed by atoms with Crippen molar-refractivity contribution in [3.05, 3.63) is 60.3 Å². The highest BCUT2D eigenvalue weighted by atomic mass is 16.3. The lowest BCUT2D eigenvalue weighted by atomic mass is 9.91. The molecule has 142 valence electrons. The van der Waals surface area contributed by atoms with Crippen molar-refractivity contribution in [3.8, 4) is 11.5 Å². The summed E-state index contributed by atoms with van der Waals surface area (Å²) in [4.78, 5) is 19.9. The highest BCUT2D eigenvalue weighted by Gasteiger charge is 2.32. The second-order valence-corrected chi connectivity index (χ2v) is 6.94. The monoisotopic (exact) mass is 366 g/mol. The fourth-order valence-electron chi connectivity index (χ4n) is 3.73. The van der Waals surface area contributed by atoms with E-state index < -0.39 is 5.92 Å². The van der Waals surface area contributed by atoms with E-state index in [1.54, 1.807) is 12.3 Å². The molecule has 27 heavy (non-hydrogen) atoms. The number of benzene rings is 1. The molecule has 1 aliphatic rings. The Kier molecular flexibility index (Phi) is 6.12. The number of hydrogen-bond donors (Lipinski definition) is 2. The van der Waals surface area contributed by atoms with Crippen LogP contribution >= 0.6 is 0 Å². The van der Waals surface area contributed by atoms with E-state index >= 15 is 0 Å². The maximum absolute atomic E-state index is 13.6. The van der Waals surface area contributed by atoms with Gasteiger partial charge in [0.1, 0.15) is 5.82 Å². The van der Waals surface area contributed by atoms with Crippen molar-refractivity contribution in [1.29, 1.82) is 0 Å². The first-order valence-corrected chi connectivity index (χ1v) is 9.50. The third-order valence-electron chi connectivity index (χ3n) is 5.08. The molecule has 0 saturated heterocycles. The summed E-state index contributed by atoms with van der Waals surface area (Å²) >= 11 is 0. The molecule has 3 rings (SSSR count). The molecule has 1 atom stereocenters. The molecule has 2 aromatic rings. The lowest BCUT2D eigenvalue weighted by molar-refractivity contribution is -0.119. The van der Waals surface area contributed by atoms with Crippen LogP contribution in [0.5, 0.6) is 11.5 Å². The van der Waals surface area contributed by atoms with E-state index in [4.69, 9.17) is 0 Å². The van der Waals surface area contributed by atoms with Crippen LogP contribution in [0.2, 0.25) is 0 Å². The quantitative estimate of drug-likeness (QED) is 0.603. The van der Waals surface area contributed by atoms with E-state index in [0.29, 0.717) is 11.4 Å².